The highest BCUT2D eigenvalue weighted by atomic mass is 16.5. The molecule has 1 amide bonds. The number of nitrogens with one attached hydrogen (secondary N) is 1. The Balaban J connectivity index is 1.19. The molecule has 0 aliphatic heterocycles. The molecular formula is C25H24N4O3. The van der Waals surface area contributed by atoms with Gasteiger partial charge in [-0.15, -0.1) is 0 Å². The van der Waals surface area contributed by atoms with Crippen molar-refractivity contribution >= 4 is 5.91 Å². The molecule has 4 aromatic rings. The highest BCUT2D eigenvalue weighted by Gasteiger charge is 2.05. The van der Waals surface area contributed by atoms with Crippen molar-refractivity contribution in [2.75, 3.05) is 6.61 Å². The maximum Gasteiger partial charge on any atom is 0.258 e. The number of carbonyl (C=O) groups is 1. The Hall–Kier alpha value is -4.13. The van der Waals surface area contributed by atoms with Crippen molar-refractivity contribution in [3.05, 3.63) is 102 Å². The van der Waals surface area contributed by atoms with Crippen molar-refractivity contribution in [3.63, 3.8) is 0 Å². The van der Waals surface area contributed by atoms with E-state index in [-0.39, 0.29) is 12.5 Å². The average molecular weight is 428 g/mol. The lowest BCUT2D eigenvalue weighted by molar-refractivity contribution is -0.123. The summed E-state index contributed by atoms with van der Waals surface area (Å²) in [6.45, 7) is 3.08. The molecule has 0 aliphatic carbocycles. The van der Waals surface area contributed by atoms with Gasteiger partial charge in [0.1, 0.15) is 29.9 Å². The number of nitrogens with zero attached hydrogens (tertiary/aromatic N) is 3. The first kappa shape index (κ1) is 21.1. The Morgan fingerprint density at radius 1 is 0.875 bits per heavy atom. The van der Waals surface area contributed by atoms with E-state index in [1.165, 1.54) is 11.9 Å². The standard InChI is InChI=1S/C25H24N4O3/c1-19-2-8-23(9-3-19)32-24-12-10-22(11-13-24)31-16-25(30)27-14-20-4-6-21(7-5-20)15-29-18-26-17-28-29/h2-13,17-18H,14-16H2,1H3,(H,27,30). The van der Waals surface area contributed by atoms with Crippen LogP contribution >= 0.6 is 0 Å². The fourth-order valence-electron chi connectivity index (χ4n) is 3.01. The second-order valence-corrected chi connectivity index (χ2v) is 7.36. The molecule has 1 N–H and O–H groups in total. The molecule has 3 aromatic carbocycles. The largest absolute Gasteiger partial charge is 0.484 e. The van der Waals surface area contributed by atoms with Crippen LogP contribution in [0.2, 0.25) is 0 Å². The Morgan fingerprint density at radius 2 is 1.50 bits per heavy atom. The summed E-state index contributed by atoms with van der Waals surface area (Å²) in [5.41, 5.74) is 3.31. The van der Waals surface area contributed by atoms with E-state index >= 15 is 0 Å². The number of amides is 1. The quantitative estimate of drug-likeness (QED) is 0.434. The molecule has 0 spiro atoms. The molecule has 162 valence electrons. The third-order valence-electron chi connectivity index (χ3n) is 4.77. The van der Waals surface area contributed by atoms with Crippen LogP contribution in [0.25, 0.3) is 0 Å². The molecule has 7 heteroatoms. The molecule has 1 heterocycles. The molecule has 7 nitrogen and oxygen atoms in total. The van der Waals surface area contributed by atoms with Gasteiger partial charge >= 0.3 is 0 Å². The van der Waals surface area contributed by atoms with Gasteiger partial charge in [-0.1, -0.05) is 42.0 Å². The summed E-state index contributed by atoms with van der Waals surface area (Å²) in [6.07, 6.45) is 3.19. The molecule has 0 radical (unpaired) electrons. The van der Waals surface area contributed by atoms with Crippen LogP contribution in [0.4, 0.5) is 0 Å². The molecule has 0 saturated carbocycles. The molecule has 0 bridgehead atoms. The van der Waals surface area contributed by atoms with E-state index in [0.717, 1.165) is 16.9 Å². The van der Waals surface area contributed by atoms with Crippen LogP contribution in [0.1, 0.15) is 16.7 Å². The van der Waals surface area contributed by atoms with E-state index in [4.69, 9.17) is 9.47 Å². The number of benzene rings is 3. The number of hydrogen-bond donors (Lipinski definition) is 1. The van der Waals surface area contributed by atoms with Crippen LogP contribution in [0.5, 0.6) is 17.2 Å². The fourth-order valence-corrected chi connectivity index (χ4v) is 3.01. The first-order valence-electron chi connectivity index (χ1n) is 10.3. The van der Waals surface area contributed by atoms with E-state index in [0.29, 0.717) is 24.6 Å². The lowest BCUT2D eigenvalue weighted by Crippen LogP contribution is -2.28. The van der Waals surface area contributed by atoms with Gasteiger partial charge in [0.05, 0.1) is 6.54 Å². The van der Waals surface area contributed by atoms with Gasteiger partial charge in [-0.2, -0.15) is 5.10 Å². The molecule has 0 atom stereocenters. The number of aryl methyl sites for hydroxylation is 1. The maximum absolute atomic E-state index is 12.1. The van der Waals surface area contributed by atoms with Crippen LogP contribution in [0.3, 0.4) is 0 Å². The topological polar surface area (TPSA) is 78.3 Å². The van der Waals surface area contributed by atoms with E-state index in [9.17, 15) is 4.79 Å². The summed E-state index contributed by atoms with van der Waals surface area (Å²) in [7, 11) is 0. The van der Waals surface area contributed by atoms with E-state index < -0.39 is 0 Å². The summed E-state index contributed by atoms with van der Waals surface area (Å²) in [4.78, 5) is 16.1. The second kappa shape index (κ2) is 10.3. The second-order valence-electron chi connectivity index (χ2n) is 7.36. The lowest BCUT2D eigenvalue weighted by atomic mass is 10.1. The smallest absolute Gasteiger partial charge is 0.258 e. The van der Waals surface area contributed by atoms with E-state index in [1.54, 1.807) is 23.1 Å². The molecule has 32 heavy (non-hydrogen) atoms. The van der Waals surface area contributed by atoms with Gasteiger partial charge in [-0.05, 0) is 54.4 Å². The number of aromatic nitrogens is 3. The third kappa shape index (κ3) is 6.18. The van der Waals surface area contributed by atoms with Crippen LogP contribution in [0, 0.1) is 6.92 Å². The molecule has 0 fully saturated rings. The zero-order valence-corrected chi connectivity index (χ0v) is 17.8. The first-order valence-corrected chi connectivity index (χ1v) is 10.3. The van der Waals surface area contributed by atoms with Crippen molar-refractivity contribution in [1.29, 1.82) is 0 Å². The SMILES string of the molecule is Cc1ccc(Oc2ccc(OCC(=O)NCc3ccc(Cn4cncn4)cc3)cc2)cc1. The van der Waals surface area contributed by atoms with E-state index in [1.807, 2.05) is 67.6 Å². The molecule has 0 aliphatic rings. The Bertz CT molecular complexity index is 1120. The highest BCUT2D eigenvalue weighted by Crippen LogP contribution is 2.24. The van der Waals surface area contributed by atoms with Gasteiger partial charge in [0.25, 0.3) is 5.91 Å². The predicted molar refractivity (Wildman–Crippen MR) is 121 cm³/mol. The van der Waals surface area contributed by atoms with E-state index in [2.05, 4.69) is 15.4 Å². The van der Waals surface area contributed by atoms with Crippen LogP contribution in [-0.4, -0.2) is 27.3 Å². The molecule has 1 aromatic heterocycles. The zero-order valence-electron chi connectivity index (χ0n) is 17.8. The number of carbonyl (C=O) groups excluding carboxylic acids is 1. The van der Waals surface area contributed by atoms with Crippen molar-refractivity contribution in [1.82, 2.24) is 20.1 Å². The minimum absolute atomic E-state index is 0.0530. The van der Waals surface area contributed by atoms with Gasteiger partial charge in [0, 0.05) is 6.54 Å². The molecule has 4 rings (SSSR count). The predicted octanol–water partition coefficient (Wildman–Crippen LogP) is 4.12. The van der Waals surface area contributed by atoms with Gasteiger partial charge < -0.3 is 14.8 Å². The summed E-state index contributed by atoms with van der Waals surface area (Å²) in [6, 6.07) is 23.0. The van der Waals surface area contributed by atoms with Crippen molar-refractivity contribution in [2.45, 2.75) is 20.0 Å². The van der Waals surface area contributed by atoms with Crippen molar-refractivity contribution in [3.8, 4) is 17.2 Å². The van der Waals surface area contributed by atoms with Crippen LogP contribution in [-0.2, 0) is 17.9 Å². The normalized spacial score (nSPS) is 10.5. The van der Waals surface area contributed by atoms with Gasteiger partial charge in [0.15, 0.2) is 6.61 Å². The highest BCUT2D eigenvalue weighted by molar-refractivity contribution is 5.77. The van der Waals surface area contributed by atoms with Crippen molar-refractivity contribution in [2.24, 2.45) is 0 Å². The number of hydrogen-bond acceptors (Lipinski definition) is 5. The number of ether oxygens (including phenoxy) is 2. The van der Waals surface area contributed by atoms with Crippen LogP contribution in [0.15, 0.2) is 85.5 Å². The summed E-state index contributed by atoms with van der Waals surface area (Å²) >= 11 is 0. The fraction of sp³-hybridized carbons (Fsp3) is 0.160. The summed E-state index contributed by atoms with van der Waals surface area (Å²) in [5.74, 6) is 1.90. The van der Waals surface area contributed by atoms with Gasteiger partial charge in [-0.25, -0.2) is 9.67 Å². The number of rotatable bonds is 9. The Labute approximate surface area is 186 Å². The van der Waals surface area contributed by atoms with Gasteiger partial charge in [-0.3, -0.25) is 4.79 Å². The van der Waals surface area contributed by atoms with Crippen molar-refractivity contribution < 1.29 is 14.3 Å². The Kier molecular flexibility index (Phi) is 6.77. The molecule has 0 saturated heterocycles. The van der Waals surface area contributed by atoms with Gasteiger partial charge in [0.2, 0.25) is 0 Å². The average Bonchev–Trinajstić information content (AvgIpc) is 3.33. The summed E-state index contributed by atoms with van der Waals surface area (Å²) < 4.78 is 13.1. The molecule has 0 unspecified atom stereocenters. The molecular weight excluding hydrogens is 404 g/mol. The minimum atomic E-state index is -0.184. The van der Waals surface area contributed by atoms with Crippen LogP contribution < -0.4 is 14.8 Å². The third-order valence-corrected chi connectivity index (χ3v) is 4.77. The monoisotopic (exact) mass is 428 g/mol. The first-order chi connectivity index (χ1) is 15.6. The Morgan fingerprint density at radius 3 is 2.16 bits per heavy atom. The maximum atomic E-state index is 12.1. The zero-order chi connectivity index (χ0) is 22.2. The lowest BCUT2D eigenvalue weighted by Gasteiger charge is -2.10. The summed E-state index contributed by atoms with van der Waals surface area (Å²) in [5, 5.41) is 6.96. The minimum Gasteiger partial charge on any atom is -0.484 e.